The maximum absolute atomic E-state index is 13.4. The Morgan fingerprint density at radius 3 is 2.39 bits per heavy atom. The SMILES string of the molecule is C[C@H]1c2cccc(O)c2C(=O)C2=C(O)[C@]3(O)C(=O)C(C(=O)NC(C)(C)C)=C(O)C[C@@H]3[C@@H](O)[C@@H]21. The van der Waals surface area contributed by atoms with Crippen molar-refractivity contribution in [2.45, 2.75) is 57.3 Å². The molecule has 0 unspecified atom stereocenters. The highest BCUT2D eigenvalue weighted by Crippen LogP contribution is 2.54. The number of hydrogen-bond donors (Lipinski definition) is 6. The molecule has 9 nitrogen and oxygen atoms in total. The molecule has 6 N–H and O–H groups in total. The number of carbonyl (C=O) groups excluding carboxylic acids is 3. The van der Waals surface area contributed by atoms with Gasteiger partial charge in [0.05, 0.1) is 11.7 Å². The summed E-state index contributed by atoms with van der Waals surface area (Å²) in [5, 5.41) is 57.1. The van der Waals surface area contributed by atoms with Crippen LogP contribution in [0.5, 0.6) is 5.75 Å². The van der Waals surface area contributed by atoms with Crippen LogP contribution in [0.3, 0.4) is 0 Å². The summed E-state index contributed by atoms with van der Waals surface area (Å²) in [5.74, 6) is -7.92. The Hall–Kier alpha value is -3.17. The van der Waals surface area contributed by atoms with Gasteiger partial charge in [-0.3, -0.25) is 14.4 Å². The fourth-order valence-corrected chi connectivity index (χ4v) is 5.34. The summed E-state index contributed by atoms with van der Waals surface area (Å²) in [6.07, 6.45) is -1.97. The van der Waals surface area contributed by atoms with Crippen LogP contribution in [-0.2, 0) is 9.59 Å². The van der Waals surface area contributed by atoms with Gasteiger partial charge >= 0.3 is 0 Å². The molecule has 0 saturated carbocycles. The van der Waals surface area contributed by atoms with Crippen LogP contribution in [0.2, 0.25) is 0 Å². The van der Waals surface area contributed by atoms with E-state index in [1.54, 1.807) is 39.8 Å². The summed E-state index contributed by atoms with van der Waals surface area (Å²) in [4.78, 5) is 39.4. The third-order valence-electron chi connectivity index (χ3n) is 6.83. The lowest BCUT2D eigenvalue weighted by Crippen LogP contribution is -2.63. The molecule has 0 heterocycles. The summed E-state index contributed by atoms with van der Waals surface area (Å²) in [7, 11) is 0. The predicted octanol–water partition coefficient (Wildman–Crippen LogP) is 1.54. The Labute approximate surface area is 190 Å². The zero-order valence-electron chi connectivity index (χ0n) is 18.7. The van der Waals surface area contributed by atoms with Gasteiger partial charge in [0, 0.05) is 29.4 Å². The molecule has 0 radical (unpaired) electrons. The van der Waals surface area contributed by atoms with Crippen molar-refractivity contribution >= 4 is 17.5 Å². The van der Waals surface area contributed by atoms with Crippen molar-refractivity contribution in [3.63, 3.8) is 0 Å². The third kappa shape index (κ3) is 3.10. The lowest BCUT2D eigenvalue weighted by Gasteiger charge is -2.50. The lowest BCUT2D eigenvalue weighted by atomic mass is 9.56. The van der Waals surface area contributed by atoms with Crippen LogP contribution < -0.4 is 5.32 Å². The number of rotatable bonds is 1. The molecule has 0 saturated heterocycles. The predicted molar refractivity (Wildman–Crippen MR) is 116 cm³/mol. The summed E-state index contributed by atoms with van der Waals surface area (Å²) in [5.41, 5.74) is -4.30. The van der Waals surface area contributed by atoms with Gasteiger partial charge < -0.3 is 30.8 Å². The Morgan fingerprint density at radius 2 is 1.79 bits per heavy atom. The molecule has 0 spiro atoms. The molecule has 1 aromatic rings. The number of aliphatic hydroxyl groups excluding tert-OH is 3. The molecule has 0 fully saturated rings. The van der Waals surface area contributed by atoms with Gasteiger partial charge in [0.15, 0.2) is 11.4 Å². The molecule has 3 aliphatic carbocycles. The first-order valence-corrected chi connectivity index (χ1v) is 10.7. The van der Waals surface area contributed by atoms with E-state index in [-0.39, 0.29) is 16.9 Å². The number of ketones is 2. The number of phenols is 1. The second kappa shape index (κ2) is 7.16. The maximum Gasteiger partial charge on any atom is 0.258 e. The highest BCUT2D eigenvalue weighted by molar-refractivity contribution is 6.25. The molecule has 0 aliphatic heterocycles. The number of carbonyl (C=O) groups is 3. The quantitative estimate of drug-likeness (QED) is 0.346. The topological polar surface area (TPSA) is 164 Å². The van der Waals surface area contributed by atoms with Crippen molar-refractivity contribution in [1.82, 2.24) is 5.32 Å². The van der Waals surface area contributed by atoms with Gasteiger partial charge in [0.25, 0.3) is 5.91 Å². The minimum absolute atomic E-state index is 0.0793. The number of aliphatic hydroxyl groups is 4. The lowest BCUT2D eigenvalue weighted by molar-refractivity contribution is -0.155. The molecule has 5 atom stereocenters. The number of aromatic hydroxyl groups is 1. The first-order chi connectivity index (χ1) is 15.2. The number of phenolic OH excluding ortho intramolecular Hbond substituents is 1. The fraction of sp³-hybridized carbons (Fsp3) is 0.458. The first-order valence-electron chi connectivity index (χ1n) is 10.7. The number of Topliss-reactive ketones (excluding diaryl/α,β-unsaturated/α-hetero) is 2. The second-order valence-electron chi connectivity index (χ2n) is 10.1. The van der Waals surface area contributed by atoms with E-state index in [1.807, 2.05) is 0 Å². The van der Waals surface area contributed by atoms with E-state index in [0.29, 0.717) is 5.56 Å². The largest absolute Gasteiger partial charge is 0.511 e. The minimum Gasteiger partial charge on any atom is -0.511 e. The molecule has 4 rings (SSSR count). The van der Waals surface area contributed by atoms with E-state index in [4.69, 9.17) is 0 Å². The van der Waals surface area contributed by atoms with Crippen LogP contribution in [0, 0.1) is 11.8 Å². The highest BCUT2D eigenvalue weighted by Gasteiger charge is 2.64. The summed E-state index contributed by atoms with van der Waals surface area (Å²) in [6.45, 7) is 6.67. The van der Waals surface area contributed by atoms with Crippen molar-refractivity contribution in [3.05, 3.63) is 52.0 Å². The number of fused-ring (bicyclic) bond motifs is 3. The summed E-state index contributed by atoms with van der Waals surface area (Å²) in [6, 6.07) is 4.48. The van der Waals surface area contributed by atoms with Crippen molar-refractivity contribution in [1.29, 1.82) is 0 Å². The Morgan fingerprint density at radius 1 is 1.15 bits per heavy atom. The average Bonchev–Trinajstić information content (AvgIpc) is 2.69. The zero-order chi connectivity index (χ0) is 24.6. The normalized spacial score (nSPS) is 31.7. The smallest absolute Gasteiger partial charge is 0.258 e. The zero-order valence-corrected chi connectivity index (χ0v) is 18.7. The molecule has 0 aromatic heterocycles. The fourth-order valence-electron chi connectivity index (χ4n) is 5.34. The van der Waals surface area contributed by atoms with Gasteiger partial charge in [0.2, 0.25) is 5.78 Å². The average molecular weight is 457 g/mol. The standard InChI is InChI=1S/C24H27NO8/c1-9-10-6-5-7-12(26)15(10)19(29)17-14(9)18(28)11-8-13(27)16(22(32)25-23(2,3)4)20(30)24(11,33)21(17)31/h5-7,9,11,14,18,26-28,31,33H,8H2,1-4H3,(H,25,32)/t9-,11+,14+,18+,24+/m0/s1. The van der Waals surface area contributed by atoms with Crippen LogP contribution in [0.4, 0.5) is 0 Å². The molecule has 1 aromatic carbocycles. The van der Waals surface area contributed by atoms with Gasteiger partial charge in [-0.1, -0.05) is 19.1 Å². The van der Waals surface area contributed by atoms with Crippen molar-refractivity contribution in [2.75, 3.05) is 0 Å². The maximum atomic E-state index is 13.4. The number of allylic oxidation sites excluding steroid dienone is 1. The second-order valence-corrected chi connectivity index (χ2v) is 10.1. The van der Waals surface area contributed by atoms with E-state index in [0.717, 1.165) is 0 Å². The van der Waals surface area contributed by atoms with Gasteiger partial charge in [-0.2, -0.15) is 0 Å². The number of amides is 1. The van der Waals surface area contributed by atoms with Crippen LogP contribution in [0.15, 0.2) is 40.9 Å². The highest BCUT2D eigenvalue weighted by atomic mass is 16.4. The Balaban J connectivity index is 1.90. The van der Waals surface area contributed by atoms with Crippen molar-refractivity contribution < 1.29 is 39.9 Å². The third-order valence-corrected chi connectivity index (χ3v) is 6.83. The van der Waals surface area contributed by atoms with Crippen LogP contribution >= 0.6 is 0 Å². The molecule has 33 heavy (non-hydrogen) atoms. The first kappa shape index (κ1) is 23.0. The molecular formula is C24H27NO8. The van der Waals surface area contributed by atoms with Crippen LogP contribution in [0.25, 0.3) is 0 Å². The van der Waals surface area contributed by atoms with Gasteiger partial charge in [-0.15, -0.1) is 0 Å². The molecule has 176 valence electrons. The Kier molecular flexibility index (Phi) is 4.99. The van der Waals surface area contributed by atoms with Crippen molar-refractivity contribution in [2.24, 2.45) is 11.8 Å². The number of nitrogens with one attached hydrogen (secondary N) is 1. The van der Waals surface area contributed by atoms with E-state index >= 15 is 0 Å². The van der Waals surface area contributed by atoms with Crippen molar-refractivity contribution in [3.8, 4) is 5.75 Å². The van der Waals surface area contributed by atoms with Gasteiger partial charge in [-0.25, -0.2) is 0 Å². The molecule has 9 heteroatoms. The molecule has 0 bridgehead atoms. The summed E-state index contributed by atoms with van der Waals surface area (Å²) < 4.78 is 0. The van der Waals surface area contributed by atoms with E-state index in [9.17, 15) is 39.9 Å². The van der Waals surface area contributed by atoms with Gasteiger partial charge in [-0.05, 0) is 38.3 Å². The van der Waals surface area contributed by atoms with Crippen LogP contribution in [0.1, 0.15) is 56.0 Å². The number of hydrogen-bond acceptors (Lipinski definition) is 8. The van der Waals surface area contributed by atoms with E-state index < -0.39 is 76.0 Å². The minimum atomic E-state index is -2.79. The molecule has 1 amide bonds. The summed E-state index contributed by atoms with van der Waals surface area (Å²) >= 11 is 0. The Bertz CT molecular complexity index is 1160. The van der Waals surface area contributed by atoms with Crippen LogP contribution in [-0.4, -0.2) is 60.3 Å². The van der Waals surface area contributed by atoms with Gasteiger partial charge in [0.1, 0.15) is 22.8 Å². The molecule has 3 aliphatic rings. The monoisotopic (exact) mass is 457 g/mol. The number of benzene rings is 1. The van der Waals surface area contributed by atoms with E-state index in [1.165, 1.54) is 6.07 Å². The van der Waals surface area contributed by atoms with E-state index in [2.05, 4.69) is 5.32 Å². The molecular weight excluding hydrogens is 430 g/mol.